The SMILES string of the molecule is COc1ccc(-c2cc(OC)c(OC)cc2C2=CC3CCCCN3CC2)cc1OC. The van der Waals surface area contributed by atoms with Gasteiger partial charge in [0.2, 0.25) is 0 Å². The number of ether oxygens (including phenoxy) is 4. The molecule has 4 rings (SSSR count). The number of methoxy groups -OCH3 is 4. The van der Waals surface area contributed by atoms with Crippen LogP contribution >= 0.6 is 0 Å². The van der Waals surface area contributed by atoms with Crippen LogP contribution in [-0.4, -0.2) is 52.5 Å². The number of piperidine rings is 1. The molecule has 5 nitrogen and oxygen atoms in total. The van der Waals surface area contributed by atoms with Crippen molar-refractivity contribution in [3.05, 3.63) is 42.0 Å². The van der Waals surface area contributed by atoms with Crippen LogP contribution in [0.25, 0.3) is 16.7 Å². The zero-order valence-corrected chi connectivity index (χ0v) is 18.4. The summed E-state index contributed by atoms with van der Waals surface area (Å²) in [5.74, 6) is 2.91. The van der Waals surface area contributed by atoms with E-state index in [1.807, 2.05) is 12.1 Å². The molecule has 2 aromatic rings. The summed E-state index contributed by atoms with van der Waals surface area (Å²) in [6.45, 7) is 2.32. The Labute approximate surface area is 179 Å². The third-order valence-corrected chi connectivity index (χ3v) is 6.29. The molecule has 0 N–H and O–H groups in total. The molecule has 1 unspecified atom stereocenters. The van der Waals surface area contributed by atoms with Gasteiger partial charge in [-0.2, -0.15) is 0 Å². The van der Waals surface area contributed by atoms with E-state index >= 15 is 0 Å². The normalized spacial score (nSPS) is 18.9. The quantitative estimate of drug-likeness (QED) is 0.669. The van der Waals surface area contributed by atoms with E-state index in [9.17, 15) is 0 Å². The lowest BCUT2D eigenvalue weighted by Crippen LogP contribution is -2.41. The van der Waals surface area contributed by atoms with Crippen LogP contribution in [0.1, 0.15) is 31.2 Å². The van der Waals surface area contributed by atoms with Gasteiger partial charge >= 0.3 is 0 Å². The first-order chi connectivity index (χ1) is 14.7. The summed E-state index contributed by atoms with van der Waals surface area (Å²) in [6.07, 6.45) is 7.36. The van der Waals surface area contributed by atoms with Crippen LogP contribution in [0, 0.1) is 0 Å². The van der Waals surface area contributed by atoms with Crippen LogP contribution in [0.2, 0.25) is 0 Å². The predicted molar refractivity (Wildman–Crippen MR) is 120 cm³/mol. The molecule has 1 atom stereocenters. The number of benzene rings is 2. The Bertz CT molecular complexity index is 937. The molecule has 160 valence electrons. The van der Waals surface area contributed by atoms with Gasteiger partial charge in [0.15, 0.2) is 23.0 Å². The van der Waals surface area contributed by atoms with Gasteiger partial charge in [-0.3, -0.25) is 4.90 Å². The van der Waals surface area contributed by atoms with E-state index in [2.05, 4.69) is 29.2 Å². The van der Waals surface area contributed by atoms with Crippen molar-refractivity contribution in [1.82, 2.24) is 4.90 Å². The molecule has 0 radical (unpaired) electrons. The molecule has 0 bridgehead atoms. The van der Waals surface area contributed by atoms with Gasteiger partial charge in [-0.05, 0) is 72.3 Å². The number of fused-ring (bicyclic) bond motifs is 1. The molecule has 30 heavy (non-hydrogen) atoms. The van der Waals surface area contributed by atoms with E-state index in [1.54, 1.807) is 28.4 Å². The first-order valence-corrected chi connectivity index (χ1v) is 10.6. The van der Waals surface area contributed by atoms with Crippen LogP contribution < -0.4 is 18.9 Å². The number of rotatable bonds is 6. The highest BCUT2D eigenvalue weighted by Gasteiger charge is 2.27. The highest BCUT2D eigenvalue weighted by atomic mass is 16.5. The average molecular weight is 410 g/mol. The molecule has 2 aliphatic heterocycles. The topological polar surface area (TPSA) is 40.2 Å². The second-order valence-electron chi connectivity index (χ2n) is 7.86. The molecule has 5 heteroatoms. The monoisotopic (exact) mass is 409 g/mol. The fourth-order valence-electron chi connectivity index (χ4n) is 4.67. The first-order valence-electron chi connectivity index (χ1n) is 10.6. The van der Waals surface area contributed by atoms with Gasteiger partial charge in [0.25, 0.3) is 0 Å². The lowest BCUT2D eigenvalue weighted by Gasteiger charge is -2.38. The minimum atomic E-state index is 0.536. The maximum atomic E-state index is 5.64. The van der Waals surface area contributed by atoms with E-state index in [0.29, 0.717) is 11.8 Å². The molecule has 0 aromatic heterocycles. The van der Waals surface area contributed by atoms with Crippen LogP contribution in [0.15, 0.2) is 36.4 Å². The van der Waals surface area contributed by atoms with E-state index in [1.165, 1.54) is 36.9 Å². The van der Waals surface area contributed by atoms with E-state index in [0.717, 1.165) is 41.3 Å². The minimum absolute atomic E-state index is 0.536. The maximum Gasteiger partial charge on any atom is 0.161 e. The smallest absolute Gasteiger partial charge is 0.161 e. The minimum Gasteiger partial charge on any atom is -0.493 e. The molecular weight excluding hydrogens is 378 g/mol. The van der Waals surface area contributed by atoms with Crippen molar-refractivity contribution in [2.45, 2.75) is 31.7 Å². The molecule has 1 fully saturated rings. The standard InChI is InChI=1S/C25H31NO4/c1-27-22-9-8-17(14-23(22)28-2)20-15-24(29-3)25(30-4)16-21(20)18-10-12-26-11-6-5-7-19(26)13-18/h8-9,13-16,19H,5-7,10-12H2,1-4H3. The second-order valence-corrected chi connectivity index (χ2v) is 7.86. The summed E-state index contributed by atoms with van der Waals surface area (Å²) in [6, 6.07) is 10.8. The Morgan fingerprint density at radius 3 is 2.10 bits per heavy atom. The lowest BCUT2D eigenvalue weighted by atomic mass is 9.87. The van der Waals surface area contributed by atoms with Crippen molar-refractivity contribution in [3.63, 3.8) is 0 Å². The van der Waals surface area contributed by atoms with Crippen molar-refractivity contribution < 1.29 is 18.9 Å². The third-order valence-electron chi connectivity index (χ3n) is 6.29. The molecule has 2 heterocycles. The molecular formula is C25H31NO4. The zero-order chi connectivity index (χ0) is 21.1. The van der Waals surface area contributed by atoms with Crippen molar-refractivity contribution in [2.75, 3.05) is 41.5 Å². The fourth-order valence-corrected chi connectivity index (χ4v) is 4.67. The van der Waals surface area contributed by atoms with Gasteiger partial charge < -0.3 is 18.9 Å². The summed E-state index contributed by atoms with van der Waals surface area (Å²) in [7, 11) is 6.69. The number of hydrogen-bond donors (Lipinski definition) is 0. The number of hydrogen-bond acceptors (Lipinski definition) is 5. The van der Waals surface area contributed by atoms with Gasteiger partial charge in [0.1, 0.15) is 0 Å². The molecule has 1 saturated heterocycles. The Morgan fingerprint density at radius 1 is 0.733 bits per heavy atom. The Morgan fingerprint density at radius 2 is 1.40 bits per heavy atom. The van der Waals surface area contributed by atoms with E-state index in [4.69, 9.17) is 18.9 Å². The van der Waals surface area contributed by atoms with Gasteiger partial charge in [0.05, 0.1) is 28.4 Å². The summed E-state index contributed by atoms with van der Waals surface area (Å²) in [5.41, 5.74) is 4.76. The van der Waals surface area contributed by atoms with Crippen LogP contribution in [0.5, 0.6) is 23.0 Å². The second kappa shape index (κ2) is 9.00. The molecule has 0 spiro atoms. The van der Waals surface area contributed by atoms with Gasteiger partial charge in [-0.15, -0.1) is 0 Å². The van der Waals surface area contributed by atoms with E-state index < -0.39 is 0 Å². The highest BCUT2D eigenvalue weighted by molar-refractivity contribution is 5.85. The van der Waals surface area contributed by atoms with Crippen molar-refractivity contribution in [1.29, 1.82) is 0 Å². The van der Waals surface area contributed by atoms with Crippen molar-refractivity contribution in [3.8, 4) is 34.1 Å². The molecule has 2 aromatic carbocycles. The summed E-state index contributed by atoms with van der Waals surface area (Å²) >= 11 is 0. The third kappa shape index (κ3) is 3.86. The maximum absolute atomic E-state index is 5.64. The predicted octanol–water partition coefficient (Wildman–Crippen LogP) is 5.03. The first kappa shape index (κ1) is 20.6. The molecule has 0 amide bonds. The fraction of sp³-hybridized carbons (Fsp3) is 0.440. The van der Waals surface area contributed by atoms with Gasteiger partial charge in [0, 0.05) is 12.6 Å². The summed E-state index contributed by atoms with van der Waals surface area (Å²) in [4.78, 5) is 2.61. The largest absolute Gasteiger partial charge is 0.493 e. The summed E-state index contributed by atoms with van der Waals surface area (Å²) < 4.78 is 22.2. The Kier molecular flexibility index (Phi) is 6.18. The summed E-state index contributed by atoms with van der Waals surface area (Å²) in [5, 5.41) is 0. The zero-order valence-electron chi connectivity index (χ0n) is 18.4. The van der Waals surface area contributed by atoms with Crippen molar-refractivity contribution >= 4 is 5.57 Å². The lowest BCUT2D eigenvalue weighted by molar-refractivity contribution is 0.177. The van der Waals surface area contributed by atoms with Crippen LogP contribution in [0.4, 0.5) is 0 Å². The molecule has 2 aliphatic rings. The Hall–Kier alpha value is -2.66. The molecule has 0 saturated carbocycles. The van der Waals surface area contributed by atoms with Gasteiger partial charge in [-0.1, -0.05) is 18.6 Å². The highest BCUT2D eigenvalue weighted by Crippen LogP contribution is 2.43. The Balaban J connectivity index is 1.84. The average Bonchev–Trinajstić information content (AvgIpc) is 2.82. The van der Waals surface area contributed by atoms with E-state index in [-0.39, 0.29) is 0 Å². The van der Waals surface area contributed by atoms with Crippen LogP contribution in [-0.2, 0) is 0 Å². The van der Waals surface area contributed by atoms with Gasteiger partial charge in [-0.25, -0.2) is 0 Å². The molecule has 0 aliphatic carbocycles. The number of nitrogens with zero attached hydrogens (tertiary/aromatic N) is 1. The van der Waals surface area contributed by atoms with Crippen molar-refractivity contribution in [2.24, 2.45) is 0 Å². The van der Waals surface area contributed by atoms with Crippen LogP contribution in [0.3, 0.4) is 0 Å².